The monoisotopic (exact) mass is 174 g/mol. The molecule has 12 heavy (non-hydrogen) atoms. The lowest BCUT2D eigenvalue weighted by atomic mass is 10.1. The average Bonchev–Trinajstić information content (AvgIpc) is 2.02. The largest absolute Gasteiger partial charge is 0.466 e. The fraction of sp³-hybridized carbons (Fsp3) is 0.667. The number of hydrogen-bond acceptors (Lipinski definition) is 2. The molecule has 0 fully saturated rings. The van der Waals surface area contributed by atoms with Gasteiger partial charge in [-0.3, -0.25) is 4.79 Å². The molecule has 0 N–H and O–H groups in total. The van der Waals surface area contributed by atoms with E-state index in [0.29, 0.717) is 19.4 Å². The SMILES string of the molecule is CCOC(=O)CCC(C)=CCF. The van der Waals surface area contributed by atoms with E-state index >= 15 is 0 Å². The van der Waals surface area contributed by atoms with Gasteiger partial charge in [-0.2, -0.15) is 0 Å². The molecule has 0 aliphatic carbocycles. The van der Waals surface area contributed by atoms with Crippen LogP contribution in [0.5, 0.6) is 0 Å². The quantitative estimate of drug-likeness (QED) is 0.472. The van der Waals surface area contributed by atoms with Crippen molar-refractivity contribution in [2.24, 2.45) is 0 Å². The molecule has 0 unspecified atom stereocenters. The smallest absolute Gasteiger partial charge is 0.306 e. The molecule has 2 nitrogen and oxygen atoms in total. The molecule has 0 heterocycles. The maximum absolute atomic E-state index is 11.7. The topological polar surface area (TPSA) is 26.3 Å². The van der Waals surface area contributed by atoms with Crippen molar-refractivity contribution in [1.82, 2.24) is 0 Å². The molecule has 0 aromatic carbocycles. The minimum Gasteiger partial charge on any atom is -0.466 e. The van der Waals surface area contributed by atoms with Gasteiger partial charge in [0.25, 0.3) is 0 Å². The van der Waals surface area contributed by atoms with Crippen LogP contribution in [0.1, 0.15) is 26.7 Å². The van der Waals surface area contributed by atoms with Crippen molar-refractivity contribution >= 4 is 5.97 Å². The van der Waals surface area contributed by atoms with E-state index in [1.165, 1.54) is 6.08 Å². The fourth-order valence-electron chi connectivity index (χ4n) is 0.766. The number of halogens is 1. The van der Waals surface area contributed by atoms with Crippen molar-refractivity contribution in [3.8, 4) is 0 Å². The third kappa shape index (κ3) is 5.89. The van der Waals surface area contributed by atoms with Gasteiger partial charge in [0, 0.05) is 6.42 Å². The first-order valence-corrected chi connectivity index (χ1v) is 4.08. The van der Waals surface area contributed by atoms with Crippen LogP contribution in [0.25, 0.3) is 0 Å². The van der Waals surface area contributed by atoms with Crippen LogP contribution in [0, 0.1) is 0 Å². The number of hydrogen-bond donors (Lipinski definition) is 0. The number of esters is 1. The minimum atomic E-state index is -0.464. The Hall–Kier alpha value is -0.860. The first-order valence-electron chi connectivity index (χ1n) is 4.08. The molecule has 3 heteroatoms. The molecule has 0 spiro atoms. The average molecular weight is 174 g/mol. The van der Waals surface area contributed by atoms with Gasteiger partial charge in [-0.25, -0.2) is 4.39 Å². The summed E-state index contributed by atoms with van der Waals surface area (Å²) in [7, 11) is 0. The summed E-state index contributed by atoms with van der Waals surface area (Å²) < 4.78 is 16.4. The van der Waals surface area contributed by atoms with E-state index in [1.807, 2.05) is 0 Å². The normalized spacial score (nSPS) is 11.4. The predicted octanol–water partition coefficient (Wildman–Crippen LogP) is 2.25. The first kappa shape index (κ1) is 11.1. The number of carbonyl (C=O) groups is 1. The van der Waals surface area contributed by atoms with E-state index in [9.17, 15) is 9.18 Å². The lowest BCUT2D eigenvalue weighted by Gasteiger charge is -2.01. The molecule has 0 aromatic heterocycles. The second kappa shape index (κ2) is 6.83. The molecule has 0 atom stereocenters. The highest BCUT2D eigenvalue weighted by molar-refractivity contribution is 5.69. The zero-order valence-electron chi connectivity index (χ0n) is 7.60. The number of rotatable bonds is 5. The molecule has 0 aliphatic rings. The molecule has 0 saturated carbocycles. The Bertz CT molecular complexity index is 164. The number of ether oxygens (including phenoxy) is 1. The van der Waals surface area contributed by atoms with Gasteiger partial charge in [0.05, 0.1) is 6.61 Å². The van der Waals surface area contributed by atoms with Crippen LogP contribution in [0.15, 0.2) is 11.6 Å². The van der Waals surface area contributed by atoms with Crippen molar-refractivity contribution in [3.05, 3.63) is 11.6 Å². The van der Waals surface area contributed by atoms with Gasteiger partial charge in [-0.05, 0) is 20.3 Å². The summed E-state index contributed by atoms with van der Waals surface area (Å²) in [4.78, 5) is 10.8. The summed E-state index contributed by atoms with van der Waals surface area (Å²) >= 11 is 0. The molecule has 0 aromatic rings. The Morgan fingerprint density at radius 3 is 2.67 bits per heavy atom. The number of carbonyl (C=O) groups excluding carboxylic acids is 1. The summed E-state index contributed by atoms with van der Waals surface area (Å²) in [5.74, 6) is -0.218. The zero-order valence-corrected chi connectivity index (χ0v) is 7.60. The molecule has 70 valence electrons. The van der Waals surface area contributed by atoms with E-state index in [-0.39, 0.29) is 5.97 Å². The minimum absolute atomic E-state index is 0.218. The highest BCUT2D eigenvalue weighted by Crippen LogP contribution is 2.04. The van der Waals surface area contributed by atoms with Crippen molar-refractivity contribution in [1.29, 1.82) is 0 Å². The third-order valence-corrected chi connectivity index (χ3v) is 1.45. The second-order valence-corrected chi connectivity index (χ2v) is 2.51. The van der Waals surface area contributed by atoms with Crippen molar-refractivity contribution in [2.75, 3.05) is 13.3 Å². The van der Waals surface area contributed by atoms with Crippen LogP contribution in [0.4, 0.5) is 4.39 Å². The van der Waals surface area contributed by atoms with Crippen LogP contribution in [0.2, 0.25) is 0 Å². The molecular weight excluding hydrogens is 159 g/mol. The van der Waals surface area contributed by atoms with E-state index in [2.05, 4.69) is 0 Å². The molecular formula is C9H15FO2. The Morgan fingerprint density at radius 1 is 1.50 bits per heavy atom. The summed E-state index contributed by atoms with van der Waals surface area (Å²) in [6.45, 7) is 3.51. The Kier molecular flexibility index (Phi) is 6.34. The molecule has 0 saturated heterocycles. The fourth-order valence-corrected chi connectivity index (χ4v) is 0.766. The maximum Gasteiger partial charge on any atom is 0.306 e. The van der Waals surface area contributed by atoms with E-state index in [4.69, 9.17) is 4.74 Å². The molecule has 0 rings (SSSR count). The lowest BCUT2D eigenvalue weighted by molar-refractivity contribution is -0.143. The van der Waals surface area contributed by atoms with E-state index in [1.54, 1.807) is 13.8 Å². The van der Waals surface area contributed by atoms with Crippen molar-refractivity contribution < 1.29 is 13.9 Å². The standard InChI is InChI=1S/C9H15FO2/c1-3-12-9(11)5-4-8(2)6-7-10/h6H,3-5,7H2,1-2H3. The number of allylic oxidation sites excluding steroid dienone is 2. The molecule has 0 radical (unpaired) electrons. The van der Waals surface area contributed by atoms with Crippen LogP contribution >= 0.6 is 0 Å². The Morgan fingerprint density at radius 2 is 2.17 bits per heavy atom. The van der Waals surface area contributed by atoms with Gasteiger partial charge in [0.15, 0.2) is 0 Å². The third-order valence-electron chi connectivity index (χ3n) is 1.45. The van der Waals surface area contributed by atoms with E-state index < -0.39 is 6.67 Å². The van der Waals surface area contributed by atoms with Gasteiger partial charge in [0.1, 0.15) is 6.67 Å². The Labute approximate surface area is 72.4 Å². The van der Waals surface area contributed by atoms with Gasteiger partial charge in [-0.1, -0.05) is 11.6 Å². The number of alkyl halides is 1. The first-order chi connectivity index (χ1) is 5.70. The van der Waals surface area contributed by atoms with Gasteiger partial charge >= 0.3 is 5.97 Å². The summed E-state index contributed by atoms with van der Waals surface area (Å²) in [6.07, 6.45) is 2.40. The van der Waals surface area contributed by atoms with E-state index in [0.717, 1.165) is 5.57 Å². The maximum atomic E-state index is 11.7. The highest BCUT2D eigenvalue weighted by atomic mass is 19.1. The second-order valence-electron chi connectivity index (χ2n) is 2.51. The van der Waals surface area contributed by atoms with Crippen LogP contribution in [0.3, 0.4) is 0 Å². The lowest BCUT2D eigenvalue weighted by Crippen LogP contribution is -2.03. The van der Waals surface area contributed by atoms with Crippen molar-refractivity contribution in [2.45, 2.75) is 26.7 Å². The van der Waals surface area contributed by atoms with Gasteiger partial charge in [-0.15, -0.1) is 0 Å². The van der Waals surface area contributed by atoms with Crippen LogP contribution in [-0.2, 0) is 9.53 Å². The molecule has 0 aliphatic heterocycles. The van der Waals surface area contributed by atoms with Crippen LogP contribution < -0.4 is 0 Å². The molecule has 0 bridgehead atoms. The highest BCUT2D eigenvalue weighted by Gasteiger charge is 2.00. The predicted molar refractivity (Wildman–Crippen MR) is 45.6 cm³/mol. The van der Waals surface area contributed by atoms with Crippen LogP contribution in [-0.4, -0.2) is 19.3 Å². The van der Waals surface area contributed by atoms with Crippen molar-refractivity contribution in [3.63, 3.8) is 0 Å². The summed E-state index contributed by atoms with van der Waals surface area (Å²) in [5.41, 5.74) is 0.894. The van der Waals surface area contributed by atoms with Gasteiger partial charge < -0.3 is 4.74 Å². The zero-order chi connectivity index (χ0) is 9.40. The summed E-state index contributed by atoms with van der Waals surface area (Å²) in [6, 6.07) is 0. The summed E-state index contributed by atoms with van der Waals surface area (Å²) in [5, 5.41) is 0. The molecule has 0 amide bonds. The van der Waals surface area contributed by atoms with Gasteiger partial charge in [0.2, 0.25) is 0 Å². The Balaban J connectivity index is 3.53.